The van der Waals surface area contributed by atoms with Crippen molar-refractivity contribution in [1.82, 2.24) is 30.3 Å². The Bertz CT molecular complexity index is 1150. The van der Waals surface area contributed by atoms with Crippen LogP contribution in [-0.4, -0.2) is 49.9 Å². The number of carbonyl (C=O) groups excluding carboxylic acids is 2. The van der Waals surface area contributed by atoms with Gasteiger partial charge < -0.3 is 5.32 Å². The molecule has 1 aromatic carbocycles. The monoisotopic (exact) mass is 447 g/mol. The summed E-state index contributed by atoms with van der Waals surface area (Å²) < 4.78 is 39.9. The third-order valence-corrected chi connectivity index (χ3v) is 5.18. The van der Waals surface area contributed by atoms with E-state index in [0.717, 1.165) is 26.8 Å². The molecular weight excluding hydrogens is 427 g/mol. The average molecular weight is 447 g/mol. The minimum atomic E-state index is -4.61. The fourth-order valence-corrected chi connectivity index (χ4v) is 3.43. The molecule has 3 aromatic rings. The summed E-state index contributed by atoms with van der Waals surface area (Å²) in [6, 6.07) is 7.69. The summed E-state index contributed by atoms with van der Waals surface area (Å²) in [6.07, 6.45) is -4.09. The summed E-state index contributed by atoms with van der Waals surface area (Å²) in [5.74, 6) is -0.829. The Kier molecular flexibility index (Phi) is 5.45. The molecule has 2 amide bonds. The molecule has 0 bridgehead atoms. The van der Waals surface area contributed by atoms with Crippen molar-refractivity contribution in [3.8, 4) is 0 Å². The molecule has 12 heteroatoms. The number of aromatic amines is 1. The number of nitrogens with one attached hydrogen (secondary N) is 2. The van der Waals surface area contributed by atoms with E-state index in [-0.39, 0.29) is 24.6 Å². The highest BCUT2D eigenvalue weighted by molar-refractivity contribution is 6.00. The summed E-state index contributed by atoms with van der Waals surface area (Å²) in [5.41, 5.74) is 1.05. The Morgan fingerprint density at radius 2 is 2.00 bits per heavy atom. The van der Waals surface area contributed by atoms with E-state index in [1.165, 1.54) is 7.05 Å². The second-order valence-corrected chi connectivity index (χ2v) is 7.59. The number of H-pyrrole nitrogens is 1. The Morgan fingerprint density at radius 1 is 1.28 bits per heavy atom. The summed E-state index contributed by atoms with van der Waals surface area (Å²) >= 11 is 0. The fraction of sp³-hybridized carbons (Fsp3) is 0.350. The first-order valence-electron chi connectivity index (χ1n) is 9.82. The minimum absolute atomic E-state index is 0.0114. The summed E-state index contributed by atoms with van der Waals surface area (Å²) in [5, 5.41) is 12.7. The molecule has 0 saturated heterocycles. The van der Waals surface area contributed by atoms with Crippen LogP contribution in [0, 0.1) is 6.92 Å². The number of fused-ring (bicyclic) bond motifs is 1. The SMILES string of the molecule is Cc1ccc(Cc2nc(C(=O)N[C@H]3CCn4nc(C(F)(F)F)cc4N(C)C3=O)n[nH]2)cc1. The number of hydrogen-bond donors (Lipinski definition) is 2. The predicted molar refractivity (Wildman–Crippen MR) is 107 cm³/mol. The maximum Gasteiger partial charge on any atom is 0.435 e. The Hall–Kier alpha value is -3.70. The molecule has 32 heavy (non-hydrogen) atoms. The van der Waals surface area contributed by atoms with E-state index in [2.05, 4.69) is 25.6 Å². The van der Waals surface area contributed by atoms with Crippen LogP contribution in [0.3, 0.4) is 0 Å². The standard InChI is InChI=1S/C20H20F3N7O2/c1-11-3-5-12(6-4-11)9-15-25-17(27-26-15)18(31)24-13-7-8-30-16(29(2)19(13)32)10-14(28-30)20(21,22)23/h3-6,10,13H,7-9H2,1-2H3,(H,24,31)(H,25,26,27)/t13-/m0/s1. The summed E-state index contributed by atoms with van der Waals surface area (Å²) in [4.78, 5) is 30.6. The lowest BCUT2D eigenvalue weighted by Gasteiger charge is -2.19. The number of halogens is 3. The second-order valence-electron chi connectivity index (χ2n) is 7.59. The van der Waals surface area contributed by atoms with Gasteiger partial charge in [-0.2, -0.15) is 18.3 Å². The van der Waals surface area contributed by atoms with E-state index >= 15 is 0 Å². The number of benzene rings is 1. The van der Waals surface area contributed by atoms with Crippen LogP contribution in [0.1, 0.15) is 39.7 Å². The topological polar surface area (TPSA) is 109 Å². The van der Waals surface area contributed by atoms with Crippen molar-refractivity contribution in [1.29, 1.82) is 0 Å². The third kappa shape index (κ3) is 4.34. The van der Waals surface area contributed by atoms with Gasteiger partial charge in [0.1, 0.15) is 17.7 Å². The Balaban J connectivity index is 1.43. The van der Waals surface area contributed by atoms with Gasteiger partial charge in [0.05, 0.1) is 0 Å². The molecule has 3 heterocycles. The fourth-order valence-electron chi connectivity index (χ4n) is 3.43. The summed E-state index contributed by atoms with van der Waals surface area (Å²) in [7, 11) is 1.34. The molecule has 4 rings (SSSR count). The van der Waals surface area contributed by atoms with Crippen molar-refractivity contribution in [2.24, 2.45) is 0 Å². The minimum Gasteiger partial charge on any atom is -0.337 e. The Morgan fingerprint density at radius 3 is 2.69 bits per heavy atom. The molecule has 168 valence electrons. The van der Waals surface area contributed by atoms with Gasteiger partial charge in [0.2, 0.25) is 5.82 Å². The van der Waals surface area contributed by atoms with Crippen molar-refractivity contribution in [3.63, 3.8) is 0 Å². The summed E-state index contributed by atoms with van der Waals surface area (Å²) in [6.45, 7) is 2.01. The number of likely N-dealkylation sites (N-methyl/N-ethyl adjacent to an activating group) is 1. The molecule has 0 radical (unpaired) electrons. The lowest BCUT2D eigenvalue weighted by Crippen LogP contribution is -2.47. The van der Waals surface area contributed by atoms with Gasteiger partial charge in [-0.1, -0.05) is 29.8 Å². The molecule has 9 nitrogen and oxygen atoms in total. The second kappa shape index (κ2) is 8.09. The Labute approximate surface area is 180 Å². The van der Waals surface area contributed by atoms with Crippen LogP contribution in [0.5, 0.6) is 0 Å². The zero-order chi connectivity index (χ0) is 23.0. The molecule has 1 aliphatic rings. The number of hydrogen-bond acceptors (Lipinski definition) is 5. The van der Waals surface area contributed by atoms with Crippen LogP contribution in [0.25, 0.3) is 0 Å². The normalized spacial score (nSPS) is 16.6. The zero-order valence-corrected chi connectivity index (χ0v) is 17.3. The smallest absolute Gasteiger partial charge is 0.337 e. The largest absolute Gasteiger partial charge is 0.435 e. The lowest BCUT2D eigenvalue weighted by atomic mass is 10.1. The van der Waals surface area contributed by atoms with E-state index in [9.17, 15) is 22.8 Å². The van der Waals surface area contributed by atoms with Crippen LogP contribution in [0.15, 0.2) is 30.3 Å². The predicted octanol–water partition coefficient (Wildman–Crippen LogP) is 2.08. The van der Waals surface area contributed by atoms with E-state index in [1.54, 1.807) is 0 Å². The first kappa shape index (κ1) is 21.5. The van der Waals surface area contributed by atoms with Crippen molar-refractivity contribution in [3.05, 3.63) is 58.8 Å². The highest BCUT2D eigenvalue weighted by atomic mass is 19.4. The zero-order valence-electron chi connectivity index (χ0n) is 17.3. The molecule has 1 aliphatic heterocycles. The maximum atomic E-state index is 12.9. The van der Waals surface area contributed by atoms with Crippen molar-refractivity contribution in [2.75, 3.05) is 11.9 Å². The molecule has 2 aromatic heterocycles. The number of aryl methyl sites for hydroxylation is 2. The van der Waals surface area contributed by atoms with Crippen LogP contribution >= 0.6 is 0 Å². The molecular formula is C20H20F3N7O2. The molecule has 0 unspecified atom stereocenters. The number of anilines is 1. The average Bonchev–Trinajstić information content (AvgIpc) is 3.36. The molecule has 0 spiro atoms. The molecule has 0 aliphatic carbocycles. The van der Waals surface area contributed by atoms with Gasteiger partial charge >= 0.3 is 6.18 Å². The number of alkyl halides is 3. The van der Waals surface area contributed by atoms with Crippen molar-refractivity contribution >= 4 is 17.6 Å². The van der Waals surface area contributed by atoms with Gasteiger partial charge in [0.25, 0.3) is 11.8 Å². The first-order valence-corrected chi connectivity index (χ1v) is 9.82. The van der Waals surface area contributed by atoms with Gasteiger partial charge in [-0.05, 0) is 18.9 Å². The first-order chi connectivity index (χ1) is 15.1. The van der Waals surface area contributed by atoms with Crippen LogP contribution in [0.2, 0.25) is 0 Å². The van der Waals surface area contributed by atoms with Crippen LogP contribution in [0.4, 0.5) is 19.0 Å². The van der Waals surface area contributed by atoms with E-state index in [0.29, 0.717) is 12.2 Å². The maximum absolute atomic E-state index is 12.9. The van der Waals surface area contributed by atoms with Gasteiger partial charge in [-0.15, -0.1) is 5.10 Å². The number of amides is 2. The van der Waals surface area contributed by atoms with Gasteiger partial charge in [0, 0.05) is 26.1 Å². The number of carbonyl (C=O) groups is 2. The molecule has 1 atom stereocenters. The number of nitrogens with zero attached hydrogens (tertiary/aromatic N) is 5. The molecule has 0 fully saturated rings. The van der Waals surface area contributed by atoms with E-state index < -0.39 is 29.7 Å². The van der Waals surface area contributed by atoms with E-state index in [1.807, 2.05) is 31.2 Å². The van der Waals surface area contributed by atoms with Crippen LogP contribution in [-0.2, 0) is 23.9 Å². The number of rotatable bonds is 4. The van der Waals surface area contributed by atoms with Crippen LogP contribution < -0.4 is 10.2 Å². The highest BCUT2D eigenvalue weighted by Crippen LogP contribution is 2.32. The molecule has 2 N–H and O–H groups in total. The number of aromatic nitrogens is 5. The van der Waals surface area contributed by atoms with Gasteiger partial charge in [0.15, 0.2) is 5.69 Å². The quantitative estimate of drug-likeness (QED) is 0.637. The van der Waals surface area contributed by atoms with Crippen molar-refractivity contribution in [2.45, 2.75) is 38.5 Å². The lowest BCUT2D eigenvalue weighted by molar-refractivity contribution is -0.141. The van der Waals surface area contributed by atoms with Gasteiger partial charge in [-0.25, -0.2) is 9.67 Å². The third-order valence-electron chi connectivity index (χ3n) is 5.18. The highest BCUT2D eigenvalue weighted by Gasteiger charge is 2.38. The van der Waals surface area contributed by atoms with Crippen molar-refractivity contribution < 1.29 is 22.8 Å². The molecule has 0 saturated carbocycles. The van der Waals surface area contributed by atoms with E-state index in [4.69, 9.17) is 0 Å². The van der Waals surface area contributed by atoms with Gasteiger partial charge in [-0.3, -0.25) is 19.6 Å².